The van der Waals surface area contributed by atoms with Crippen molar-refractivity contribution in [3.8, 4) is 0 Å². The summed E-state index contributed by atoms with van der Waals surface area (Å²) in [4.78, 5) is 12.4. The number of aliphatic hydroxyl groups is 1. The van der Waals surface area contributed by atoms with E-state index in [1.165, 1.54) is 11.3 Å². The Kier molecular flexibility index (Phi) is 6.12. The first-order valence-electron chi connectivity index (χ1n) is 5.33. The topological polar surface area (TPSA) is 49.3 Å². The Morgan fingerprint density at radius 3 is 2.65 bits per heavy atom. The molecule has 1 amide bonds. The first-order chi connectivity index (χ1) is 7.91. The molecule has 0 fully saturated rings. The van der Waals surface area contributed by atoms with Gasteiger partial charge in [-0.15, -0.1) is 11.3 Å². The molecule has 17 heavy (non-hydrogen) atoms. The number of rotatable bonds is 5. The lowest BCUT2D eigenvalue weighted by atomic mass is 10.0. The fraction of sp³-hybridized carbons (Fsp3) is 0.545. The van der Waals surface area contributed by atoms with Crippen LogP contribution in [0.3, 0.4) is 0 Å². The minimum atomic E-state index is -0.364. The van der Waals surface area contributed by atoms with Gasteiger partial charge in [0.25, 0.3) is 5.91 Å². The van der Waals surface area contributed by atoms with Gasteiger partial charge in [0.15, 0.2) is 0 Å². The fourth-order valence-corrected chi connectivity index (χ4v) is 3.16. The summed E-state index contributed by atoms with van der Waals surface area (Å²) in [6, 6.07) is 1.78. The van der Waals surface area contributed by atoms with Crippen molar-refractivity contribution in [3.05, 3.63) is 19.2 Å². The second-order valence-electron chi connectivity index (χ2n) is 4.09. The highest BCUT2D eigenvalue weighted by molar-refractivity contribution is 9.13. The molecule has 3 nitrogen and oxygen atoms in total. The Balaban J connectivity index is 2.40. The van der Waals surface area contributed by atoms with Crippen molar-refractivity contribution < 1.29 is 9.90 Å². The molecular weight excluding hydrogens is 370 g/mol. The monoisotopic (exact) mass is 383 g/mol. The normalized spacial score (nSPS) is 12.8. The molecular formula is C11H15Br2NO2S. The molecule has 0 saturated heterocycles. The number of hydrogen-bond acceptors (Lipinski definition) is 3. The van der Waals surface area contributed by atoms with Crippen LogP contribution < -0.4 is 5.32 Å². The minimum absolute atomic E-state index is 0.0997. The lowest BCUT2D eigenvalue weighted by Crippen LogP contribution is -2.28. The van der Waals surface area contributed by atoms with Gasteiger partial charge in [0, 0.05) is 11.0 Å². The Morgan fingerprint density at radius 2 is 2.18 bits per heavy atom. The second-order valence-corrected chi connectivity index (χ2v) is 7.31. The number of nitrogens with one attached hydrogen (secondary N) is 1. The molecule has 0 aliphatic rings. The maximum atomic E-state index is 11.7. The van der Waals surface area contributed by atoms with Crippen LogP contribution in [0.2, 0.25) is 0 Å². The summed E-state index contributed by atoms with van der Waals surface area (Å²) in [6.45, 7) is 4.41. The van der Waals surface area contributed by atoms with Crippen LogP contribution in [-0.2, 0) is 0 Å². The van der Waals surface area contributed by atoms with Crippen molar-refractivity contribution in [2.45, 2.75) is 26.4 Å². The van der Waals surface area contributed by atoms with E-state index in [2.05, 4.69) is 37.2 Å². The van der Waals surface area contributed by atoms with Crippen LogP contribution in [-0.4, -0.2) is 23.7 Å². The summed E-state index contributed by atoms with van der Waals surface area (Å²) < 4.78 is 1.79. The lowest BCUT2D eigenvalue weighted by Gasteiger charge is -2.14. The van der Waals surface area contributed by atoms with Gasteiger partial charge in [0.2, 0.25) is 0 Å². The first kappa shape index (κ1) is 15.1. The van der Waals surface area contributed by atoms with Crippen LogP contribution in [0.5, 0.6) is 0 Å². The zero-order chi connectivity index (χ0) is 13.0. The Morgan fingerprint density at radius 1 is 1.53 bits per heavy atom. The van der Waals surface area contributed by atoms with Crippen molar-refractivity contribution in [3.63, 3.8) is 0 Å². The van der Waals surface area contributed by atoms with Gasteiger partial charge in [-0.2, -0.15) is 0 Å². The summed E-state index contributed by atoms with van der Waals surface area (Å²) in [5.74, 6) is 0.120. The number of halogens is 2. The molecule has 0 saturated carbocycles. The molecule has 0 aliphatic heterocycles. The Labute approximate surface area is 122 Å². The molecule has 96 valence electrons. The van der Waals surface area contributed by atoms with E-state index in [1.807, 2.05) is 13.8 Å². The highest BCUT2D eigenvalue weighted by Gasteiger charge is 2.13. The van der Waals surface area contributed by atoms with Gasteiger partial charge < -0.3 is 10.4 Å². The third kappa shape index (κ3) is 4.69. The SMILES string of the molecule is CC(C)C(O)CCNC(=O)c1cc(Br)c(Br)s1. The molecule has 1 heterocycles. The molecule has 0 aromatic carbocycles. The number of aliphatic hydroxyl groups excluding tert-OH is 1. The predicted molar refractivity (Wildman–Crippen MR) is 77.5 cm³/mol. The molecule has 0 bridgehead atoms. The average Bonchev–Trinajstić information content (AvgIpc) is 2.59. The molecule has 1 aromatic rings. The average molecular weight is 385 g/mol. The quantitative estimate of drug-likeness (QED) is 0.817. The fourth-order valence-electron chi connectivity index (χ4n) is 1.21. The molecule has 2 N–H and O–H groups in total. The van der Waals surface area contributed by atoms with E-state index in [4.69, 9.17) is 0 Å². The van der Waals surface area contributed by atoms with E-state index >= 15 is 0 Å². The molecule has 1 atom stereocenters. The van der Waals surface area contributed by atoms with Crippen LogP contribution in [0.1, 0.15) is 29.9 Å². The van der Waals surface area contributed by atoms with Crippen LogP contribution in [0.15, 0.2) is 14.3 Å². The third-order valence-electron chi connectivity index (χ3n) is 2.36. The lowest BCUT2D eigenvalue weighted by molar-refractivity contribution is 0.0924. The molecule has 0 aliphatic carbocycles. The number of hydrogen-bond donors (Lipinski definition) is 2. The van der Waals surface area contributed by atoms with E-state index in [0.717, 1.165) is 8.26 Å². The van der Waals surface area contributed by atoms with Gasteiger partial charge >= 0.3 is 0 Å². The molecule has 0 spiro atoms. The number of carbonyl (C=O) groups is 1. The molecule has 6 heteroatoms. The van der Waals surface area contributed by atoms with E-state index in [9.17, 15) is 9.90 Å². The van der Waals surface area contributed by atoms with E-state index in [-0.39, 0.29) is 17.9 Å². The first-order valence-corrected chi connectivity index (χ1v) is 7.73. The van der Waals surface area contributed by atoms with Crippen molar-refractivity contribution >= 4 is 49.1 Å². The summed E-state index contributed by atoms with van der Waals surface area (Å²) in [6.07, 6.45) is 0.217. The molecule has 1 unspecified atom stereocenters. The van der Waals surface area contributed by atoms with E-state index in [0.29, 0.717) is 17.8 Å². The standard InChI is InChI=1S/C11H15Br2NO2S/c1-6(2)8(15)3-4-14-11(16)9-5-7(12)10(13)17-9/h5-6,8,15H,3-4H2,1-2H3,(H,14,16). The summed E-state index contributed by atoms with van der Waals surface area (Å²) in [5.41, 5.74) is 0. The van der Waals surface area contributed by atoms with Gasteiger partial charge in [-0.25, -0.2) is 0 Å². The van der Waals surface area contributed by atoms with Crippen molar-refractivity contribution in [2.75, 3.05) is 6.54 Å². The number of carbonyl (C=O) groups excluding carboxylic acids is 1. The van der Waals surface area contributed by atoms with E-state index < -0.39 is 0 Å². The minimum Gasteiger partial charge on any atom is -0.393 e. The molecule has 1 rings (SSSR count). The third-order valence-corrected chi connectivity index (χ3v) is 5.62. The maximum absolute atomic E-state index is 11.7. The van der Waals surface area contributed by atoms with Gasteiger partial charge in [-0.3, -0.25) is 4.79 Å². The maximum Gasteiger partial charge on any atom is 0.261 e. The smallest absolute Gasteiger partial charge is 0.261 e. The predicted octanol–water partition coefficient (Wildman–Crippen LogP) is 3.41. The van der Waals surface area contributed by atoms with Gasteiger partial charge in [-0.05, 0) is 50.3 Å². The van der Waals surface area contributed by atoms with Gasteiger partial charge in [-0.1, -0.05) is 13.8 Å². The zero-order valence-electron chi connectivity index (χ0n) is 9.67. The van der Waals surface area contributed by atoms with Crippen molar-refractivity contribution in [1.29, 1.82) is 0 Å². The van der Waals surface area contributed by atoms with Crippen LogP contribution in [0, 0.1) is 5.92 Å². The largest absolute Gasteiger partial charge is 0.393 e. The summed E-state index contributed by atoms with van der Waals surface area (Å²) in [5, 5.41) is 12.4. The van der Waals surface area contributed by atoms with Gasteiger partial charge in [0.05, 0.1) is 14.8 Å². The summed E-state index contributed by atoms with van der Waals surface area (Å²) >= 11 is 8.07. The van der Waals surface area contributed by atoms with E-state index in [1.54, 1.807) is 6.07 Å². The highest BCUT2D eigenvalue weighted by atomic mass is 79.9. The second kappa shape index (κ2) is 6.87. The zero-order valence-corrected chi connectivity index (χ0v) is 13.7. The Bertz CT molecular complexity index is 373. The van der Waals surface area contributed by atoms with Crippen molar-refractivity contribution in [2.24, 2.45) is 5.92 Å². The number of amides is 1. The number of thiophene rings is 1. The van der Waals surface area contributed by atoms with Crippen LogP contribution >= 0.6 is 43.2 Å². The van der Waals surface area contributed by atoms with Crippen molar-refractivity contribution in [1.82, 2.24) is 5.32 Å². The Hall–Kier alpha value is 0.0900. The highest BCUT2D eigenvalue weighted by Crippen LogP contribution is 2.32. The van der Waals surface area contributed by atoms with Crippen LogP contribution in [0.4, 0.5) is 0 Å². The van der Waals surface area contributed by atoms with Gasteiger partial charge in [0.1, 0.15) is 0 Å². The summed E-state index contributed by atoms with van der Waals surface area (Å²) in [7, 11) is 0. The molecule has 1 aromatic heterocycles. The van der Waals surface area contributed by atoms with Crippen LogP contribution in [0.25, 0.3) is 0 Å². The molecule has 0 radical (unpaired) electrons.